The van der Waals surface area contributed by atoms with Crippen molar-refractivity contribution in [2.45, 2.75) is 62.1 Å². The molecule has 0 radical (unpaired) electrons. The second-order valence-electron chi connectivity index (χ2n) is 9.69. The molecule has 164 valence electrons. The number of fused-ring (bicyclic) bond motifs is 6. The third-order valence-corrected chi connectivity index (χ3v) is 8.45. The number of ketones is 2. The molecule has 5 aliphatic rings. The standard InChI is InChI=1S/C21H27NO8/c23-7-12(25)21(28)5-4-8-10(6-21)16(22-29)14-15(17(8)26)18(27)13-9(19-20(14)30-19)2-1-3-11(13)24/h3,8-10,13-17,19-20,23-24,26,28H,1-2,4-7H2/t8?,9?,10?,13?,14?,15?,16?,17?,19?,20?,21-/m1/s1. The fourth-order valence-corrected chi connectivity index (χ4v) is 7.00. The lowest BCUT2D eigenvalue weighted by Crippen LogP contribution is -2.61. The van der Waals surface area contributed by atoms with E-state index in [9.17, 15) is 34.9 Å². The van der Waals surface area contributed by atoms with E-state index in [0.29, 0.717) is 12.8 Å². The summed E-state index contributed by atoms with van der Waals surface area (Å²) in [5.74, 6) is -4.48. The van der Waals surface area contributed by atoms with E-state index in [-0.39, 0.29) is 42.8 Å². The van der Waals surface area contributed by atoms with Crippen molar-refractivity contribution < 1.29 is 34.8 Å². The van der Waals surface area contributed by atoms with Gasteiger partial charge in [0, 0.05) is 11.8 Å². The predicted molar refractivity (Wildman–Crippen MR) is 101 cm³/mol. The van der Waals surface area contributed by atoms with Crippen LogP contribution in [0.15, 0.2) is 17.0 Å². The second-order valence-corrected chi connectivity index (χ2v) is 9.69. The van der Waals surface area contributed by atoms with Gasteiger partial charge in [-0.2, -0.15) is 4.91 Å². The summed E-state index contributed by atoms with van der Waals surface area (Å²) in [5, 5.41) is 45.1. The maximum Gasteiger partial charge on any atom is 0.189 e. The Bertz CT molecular complexity index is 813. The number of carbonyl (C=O) groups excluding carboxylic acids is 2. The first kappa shape index (κ1) is 20.2. The van der Waals surface area contributed by atoms with Crippen LogP contribution in [0.1, 0.15) is 32.1 Å². The number of allylic oxidation sites excluding steroid dienone is 2. The number of Topliss-reactive ketones (excluding diaryl/α,β-unsaturated/α-hetero) is 2. The molecule has 4 aliphatic carbocycles. The normalized spacial score (nSPS) is 52.0. The van der Waals surface area contributed by atoms with Crippen LogP contribution in [0.3, 0.4) is 0 Å². The zero-order valence-electron chi connectivity index (χ0n) is 16.5. The number of carbonyl (C=O) groups is 2. The van der Waals surface area contributed by atoms with E-state index in [1.54, 1.807) is 6.08 Å². The molecule has 11 atom stereocenters. The summed E-state index contributed by atoms with van der Waals surface area (Å²) in [6, 6.07) is -0.896. The van der Waals surface area contributed by atoms with Gasteiger partial charge >= 0.3 is 0 Å². The zero-order valence-corrected chi connectivity index (χ0v) is 16.5. The quantitative estimate of drug-likeness (QED) is 0.373. The third kappa shape index (κ3) is 2.68. The number of aliphatic hydroxyl groups is 4. The monoisotopic (exact) mass is 421 g/mol. The first-order valence-electron chi connectivity index (χ1n) is 10.8. The van der Waals surface area contributed by atoms with Crippen LogP contribution >= 0.6 is 0 Å². The smallest absolute Gasteiger partial charge is 0.189 e. The molecule has 3 saturated carbocycles. The second kappa shape index (κ2) is 6.91. The zero-order chi connectivity index (χ0) is 21.4. The van der Waals surface area contributed by atoms with Gasteiger partial charge in [0.2, 0.25) is 0 Å². The van der Waals surface area contributed by atoms with E-state index < -0.39 is 65.8 Å². The van der Waals surface area contributed by atoms with Crippen molar-refractivity contribution in [3.05, 3.63) is 16.7 Å². The Morgan fingerprint density at radius 1 is 1.23 bits per heavy atom. The molecule has 5 rings (SSSR count). The van der Waals surface area contributed by atoms with Crippen LogP contribution in [0, 0.1) is 40.4 Å². The van der Waals surface area contributed by atoms with Gasteiger partial charge in [-0.15, -0.1) is 0 Å². The lowest BCUT2D eigenvalue weighted by molar-refractivity contribution is -0.164. The van der Waals surface area contributed by atoms with Gasteiger partial charge < -0.3 is 25.2 Å². The number of nitroso groups, excluding NO2 is 1. The average Bonchev–Trinajstić information content (AvgIpc) is 3.52. The van der Waals surface area contributed by atoms with Gasteiger partial charge in [0.15, 0.2) is 5.78 Å². The Labute approximate surface area is 173 Å². The molecular formula is C21H27NO8. The van der Waals surface area contributed by atoms with Crippen molar-refractivity contribution in [1.82, 2.24) is 0 Å². The first-order chi connectivity index (χ1) is 14.3. The van der Waals surface area contributed by atoms with Crippen LogP contribution in [-0.2, 0) is 14.3 Å². The van der Waals surface area contributed by atoms with E-state index in [1.807, 2.05) is 0 Å². The van der Waals surface area contributed by atoms with E-state index in [0.717, 1.165) is 0 Å². The molecule has 4 N–H and O–H groups in total. The van der Waals surface area contributed by atoms with Crippen molar-refractivity contribution in [1.29, 1.82) is 0 Å². The molecule has 0 amide bonds. The van der Waals surface area contributed by atoms with Crippen LogP contribution < -0.4 is 0 Å². The highest BCUT2D eigenvalue weighted by Gasteiger charge is 2.68. The summed E-state index contributed by atoms with van der Waals surface area (Å²) in [4.78, 5) is 37.7. The Kier molecular flexibility index (Phi) is 4.66. The molecule has 30 heavy (non-hydrogen) atoms. The number of epoxide rings is 1. The summed E-state index contributed by atoms with van der Waals surface area (Å²) in [7, 11) is 0. The number of hydrogen-bond acceptors (Lipinski definition) is 9. The fraction of sp³-hybridized carbons (Fsp3) is 0.810. The minimum Gasteiger partial charge on any atom is -0.512 e. The largest absolute Gasteiger partial charge is 0.512 e. The molecule has 10 unspecified atom stereocenters. The maximum atomic E-state index is 13.5. The van der Waals surface area contributed by atoms with Crippen molar-refractivity contribution in [3.63, 3.8) is 0 Å². The minimum absolute atomic E-state index is 0.0163. The minimum atomic E-state index is -1.76. The van der Waals surface area contributed by atoms with E-state index in [1.165, 1.54) is 0 Å². The predicted octanol–water partition coefficient (Wildman–Crippen LogP) is 0.255. The molecule has 0 spiro atoms. The van der Waals surface area contributed by atoms with Crippen LogP contribution in [0.25, 0.3) is 0 Å². The van der Waals surface area contributed by atoms with Gasteiger partial charge in [-0.05, 0) is 50.0 Å². The lowest BCUT2D eigenvalue weighted by Gasteiger charge is -2.51. The molecule has 0 bridgehead atoms. The fourth-order valence-electron chi connectivity index (χ4n) is 7.00. The van der Waals surface area contributed by atoms with Gasteiger partial charge in [0.05, 0.1) is 35.9 Å². The van der Waals surface area contributed by atoms with Crippen LogP contribution in [0.5, 0.6) is 0 Å². The summed E-state index contributed by atoms with van der Waals surface area (Å²) < 4.78 is 5.90. The van der Waals surface area contributed by atoms with Crippen molar-refractivity contribution in [3.8, 4) is 0 Å². The molecule has 9 nitrogen and oxygen atoms in total. The highest BCUT2D eigenvalue weighted by atomic mass is 16.6. The highest BCUT2D eigenvalue weighted by molar-refractivity contribution is 5.89. The molecule has 0 aromatic heterocycles. The number of nitrogens with zero attached hydrogens (tertiary/aromatic N) is 1. The topological polar surface area (TPSA) is 157 Å². The van der Waals surface area contributed by atoms with E-state index in [4.69, 9.17) is 4.74 Å². The summed E-state index contributed by atoms with van der Waals surface area (Å²) >= 11 is 0. The lowest BCUT2D eigenvalue weighted by atomic mass is 9.55. The van der Waals surface area contributed by atoms with Gasteiger partial charge in [0.1, 0.15) is 24.0 Å². The average molecular weight is 421 g/mol. The molecule has 1 saturated heterocycles. The maximum absolute atomic E-state index is 13.5. The van der Waals surface area contributed by atoms with Gasteiger partial charge in [-0.1, -0.05) is 5.18 Å². The highest BCUT2D eigenvalue weighted by Crippen LogP contribution is 2.58. The number of ether oxygens (including phenoxy) is 1. The Balaban J connectivity index is 1.53. The molecule has 4 fully saturated rings. The van der Waals surface area contributed by atoms with Crippen molar-refractivity contribution >= 4 is 11.6 Å². The molecule has 0 aromatic carbocycles. The molecule has 0 aromatic rings. The SMILES string of the molecule is O=NC1C2C[C@@](O)(C(=O)CO)CCC2C(O)C2C(=O)C3C(O)=CCCC3C3OC3C12. The molecule has 1 heterocycles. The van der Waals surface area contributed by atoms with Gasteiger partial charge in [0.25, 0.3) is 0 Å². The van der Waals surface area contributed by atoms with Crippen LogP contribution in [0.4, 0.5) is 0 Å². The summed E-state index contributed by atoms with van der Waals surface area (Å²) in [5.41, 5.74) is -1.76. The third-order valence-electron chi connectivity index (χ3n) is 8.45. The Hall–Kier alpha value is -1.68. The number of rotatable bonds is 3. The first-order valence-corrected chi connectivity index (χ1v) is 10.8. The molecular weight excluding hydrogens is 394 g/mol. The van der Waals surface area contributed by atoms with Crippen LogP contribution in [0.2, 0.25) is 0 Å². The van der Waals surface area contributed by atoms with Crippen LogP contribution in [-0.4, -0.2) is 68.6 Å². The van der Waals surface area contributed by atoms with Crippen molar-refractivity contribution in [2.24, 2.45) is 40.7 Å². The van der Waals surface area contributed by atoms with Gasteiger partial charge in [-0.25, -0.2) is 0 Å². The van der Waals surface area contributed by atoms with Crippen molar-refractivity contribution in [2.75, 3.05) is 6.61 Å². The van der Waals surface area contributed by atoms with E-state index >= 15 is 0 Å². The van der Waals surface area contributed by atoms with Gasteiger partial charge in [-0.3, -0.25) is 9.59 Å². The number of aliphatic hydroxyl groups excluding tert-OH is 3. The van der Waals surface area contributed by atoms with E-state index in [2.05, 4.69) is 5.18 Å². The molecule has 9 heteroatoms. The Morgan fingerprint density at radius 3 is 2.70 bits per heavy atom. The summed E-state index contributed by atoms with van der Waals surface area (Å²) in [6.07, 6.45) is 1.40. The number of hydrogen-bond donors (Lipinski definition) is 4. The Morgan fingerprint density at radius 2 is 2.00 bits per heavy atom. The summed E-state index contributed by atoms with van der Waals surface area (Å²) in [6.45, 7) is -0.803. The molecule has 1 aliphatic heterocycles.